The van der Waals surface area contributed by atoms with Gasteiger partial charge >= 0.3 is 0 Å². The Morgan fingerprint density at radius 1 is 0.875 bits per heavy atom. The molecule has 1 atom stereocenters. The van der Waals surface area contributed by atoms with Gasteiger partial charge < -0.3 is 0 Å². The van der Waals surface area contributed by atoms with E-state index in [0.29, 0.717) is 5.92 Å². The minimum Gasteiger partial charge on any atom is -0.123 e. The molecule has 0 N–H and O–H groups in total. The van der Waals surface area contributed by atoms with Gasteiger partial charge in [0, 0.05) is 0 Å². The molecule has 0 aliphatic rings. The molecule has 0 radical (unpaired) electrons. The summed E-state index contributed by atoms with van der Waals surface area (Å²) in [6.07, 6.45) is 0. The standard InChI is InChI=1S/C15H15P/c1-10(2)11-7-8-15-13(9-11)12-5-3-4-6-14(12)16-15/h3-10,16H,1-2H3. The molecule has 0 saturated heterocycles. The zero-order chi connectivity index (χ0) is 11.1. The van der Waals surface area contributed by atoms with Crippen molar-refractivity contribution in [3.8, 4) is 0 Å². The van der Waals surface area contributed by atoms with Crippen molar-refractivity contribution in [2.75, 3.05) is 0 Å². The van der Waals surface area contributed by atoms with Crippen molar-refractivity contribution in [1.82, 2.24) is 0 Å². The van der Waals surface area contributed by atoms with Crippen LogP contribution in [-0.4, -0.2) is 0 Å². The topological polar surface area (TPSA) is 0 Å². The predicted octanol–water partition coefficient (Wildman–Crippen LogP) is 5.15. The van der Waals surface area contributed by atoms with Crippen LogP contribution in [0.3, 0.4) is 0 Å². The fourth-order valence-corrected chi connectivity index (χ4v) is 3.56. The van der Waals surface area contributed by atoms with Gasteiger partial charge in [0.2, 0.25) is 0 Å². The zero-order valence-electron chi connectivity index (χ0n) is 9.62. The first kappa shape index (κ1) is 9.93. The van der Waals surface area contributed by atoms with Crippen LogP contribution in [0, 0.1) is 0 Å². The van der Waals surface area contributed by atoms with E-state index >= 15 is 0 Å². The third-order valence-electron chi connectivity index (χ3n) is 3.20. The molecule has 0 aliphatic carbocycles. The van der Waals surface area contributed by atoms with Gasteiger partial charge in [0.1, 0.15) is 0 Å². The number of benzene rings is 2. The third-order valence-corrected chi connectivity index (χ3v) is 4.61. The fraction of sp³-hybridized carbons (Fsp3) is 0.200. The molecule has 0 saturated carbocycles. The van der Waals surface area contributed by atoms with E-state index in [1.54, 1.807) is 0 Å². The molecule has 1 aromatic heterocycles. The molecule has 0 amide bonds. The van der Waals surface area contributed by atoms with Crippen molar-refractivity contribution in [1.29, 1.82) is 0 Å². The summed E-state index contributed by atoms with van der Waals surface area (Å²) >= 11 is 0. The number of hydrogen-bond donors (Lipinski definition) is 0. The highest BCUT2D eigenvalue weighted by molar-refractivity contribution is 7.43. The lowest BCUT2D eigenvalue weighted by atomic mass is 10.0. The maximum Gasteiger partial charge on any atom is -0.000584 e. The Morgan fingerprint density at radius 2 is 1.62 bits per heavy atom. The van der Waals surface area contributed by atoms with Crippen LogP contribution in [0.25, 0.3) is 21.0 Å². The second kappa shape index (κ2) is 3.64. The third kappa shape index (κ3) is 1.45. The minimum absolute atomic E-state index is 0.612. The average Bonchev–Trinajstić information content (AvgIpc) is 2.66. The van der Waals surface area contributed by atoms with Crippen molar-refractivity contribution in [2.45, 2.75) is 19.8 Å². The highest BCUT2D eigenvalue weighted by Crippen LogP contribution is 2.38. The summed E-state index contributed by atoms with van der Waals surface area (Å²) in [5.41, 5.74) is 1.44. The molecule has 2 aromatic carbocycles. The van der Waals surface area contributed by atoms with Gasteiger partial charge in [-0.1, -0.05) is 50.2 Å². The normalized spacial score (nSPS) is 12.2. The van der Waals surface area contributed by atoms with E-state index in [9.17, 15) is 0 Å². The molecule has 0 spiro atoms. The Labute approximate surface area is 97.4 Å². The molecule has 16 heavy (non-hydrogen) atoms. The summed E-state index contributed by atoms with van der Waals surface area (Å²) in [5, 5.41) is 5.91. The van der Waals surface area contributed by atoms with E-state index in [4.69, 9.17) is 0 Å². The van der Waals surface area contributed by atoms with Crippen molar-refractivity contribution >= 4 is 29.2 Å². The number of rotatable bonds is 1. The molecule has 1 heterocycles. The highest BCUT2D eigenvalue weighted by atomic mass is 31.0. The summed E-state index contributed by atoms with van der Waals surface area (Å²) in [6, 6.07) is 15.7. The van der Waals surface area contributed by atoms with Crippen LogP contribution in [-0.2, 0) is 0 Å². The summed E-state index contributed by atoms with van der Waals surface area (Å²) in [6.45, 7) is 4.51. The first-order valence-corrected chi connectivity index (χ1v) is 6.76. The average molecular weight is 226 g/mol. The molecule has 80 valence electrons. The second-order valence-corrected chi connectivity index (χ2v) is 5.96. The van der Waals surface area contributed by atoms with E-state index < -0.39 is 0 Å². The molecule has 0 bridgehead atoms. The van der Waals surface area contributed by atoms with E-state index in [1.165, 1.54) is 26.6 Å². The van der Waals surface area contributed by atoms with E-state index in [2.05, 4.69) is 56.3 Å². The molecular formula is C15H15P. The van der Waals surface area contributed by atoms with Crippen LogP contribution in [0.2, 0.25) is 0 Å². The monoisotopic (exact) mass is 226 g/mol. The van der Waals surface area contributed by atoms with E-state index in [0.717, 1.165) is 8.19 Å². The summed E-state index contributed by atoms with van der Waals surface area (Å²) in [4.78, 5) is 0. The largest absolute Gasteiger partial charge is 0.123 e. The maximum absolute atomic E-state index is 2.37. The molecule has 3 aromatic rings. The first-order valence-electron chi connectivity index (χ1n) is 5.76. The maximum atomic E-state index is 2.37. The molecule has 0 aliphatic heterocycles. The fourth-order valence-electron chi connectivity index (χ4n) is 2.22. The van der Waals surface area contributed by atoms with Gasteiger partial charge in [0.05, 0.1) is 0 Å². The Kier molecular flexibility index (Phi) is 2.26. The lowest BCUT2D eigenvalue weighted by molar-refractivity contribution is 0.869. The van der Waals surface area contributed by atoms with Crippen molar-refractivity contribution in [3.05, 3.63) is 48.0 Å². The minimum atomic E-state index is 0.612. The van der Waals surface area contributed by atoms with Crippen LogP contribution in [0.4, 0.5) is 0 Å². The van der Waals surface area contributed by atoms with Crippen LogP contribution >= 0.6 is 8.19 Å². The van der Waals surface area contributed by atoms with Crippen molar-refractivity contribution in [2.24, 2.45) is 0 Å². The van der Waals surface area contributed by atoms with Crippen molar-refractivity contribution < 1.29 is 0 Å². The van der Waals surface area contributed by atoms with Gasteiger partial charge in [0.25, 0.3) is 0 Å². The Hall–Kier alpha value is -1.26. The predicted molar refractivity (Wildman–Crippen MR) is 75.0 cm³/mol. The van der Waals surface area contributed by atoms with E-state index in [1.807, 2.05) is 0 Å². The van der Waals surface area contributed by atoms with Gasteiger partial charge in [-0.05, 0) is 38.6 Å². The molecule has 3 rings (SSSR count). The van der Waals surface area contributed by atoms with Crippen molar-refractivity contribution in [3.63, 3.8) is 0 Å². The molecule has 0 fully saturated rings. The second-order valence-electron chi connectivity index (χ2n) is 4.63. The molecule has 1 heteroatoms. The van der Waals surface area contributed by atoms with Gasteiger partial charge in [0.15, 0.2) is 0 Å². The Bertz CT molecular complexity index is 647. The first-order chi connectivity index (χ1) is 7.75. The Balaban J connectivity index is 2.40. The van der Waals surface area contributed by atoms with E-state index in [-0.39, 0.29) is 0 Å². The SMILES string of the molecule is CC(C)c1ccc2[pH]c3ccccc3c2c1. The molecule has 0 nitrogen and oxygen atoms in total. The lowest BCUT2D eigenvalue weighted by Gasteiger charge is -2.04. The van der Waals surface area contributed by atoms with Crippen LogP contribution in [0.1, 0.15) is 25.3 Å². The quantitative estimate of drug-likeness (QED) is 0.538. The number of fused-ring (bicyclic) bond motifs is 3. The van der Waals surface area contributed by atoms with Crippen LogP contribution in [0.15, 0.2) is 42.5 Å². The van der Waals surface area contributed by atoms with Gasteiger partial charge in [-0.15, -0.1) is 8.19 Å². The molecular weight excluding hydrogens is 211 g/mol. The van der Waals surface area contributed by atoms with Gasteiger partial charge in [-0.3, -0.25) is 0 Å². The summed E-state index contributed by atoms with van der Waals surface area (Å²) in [5.74, 6) is 0.612. The summed E-state index contributed by atoms with van der Waals surface area (Å²) in [7, 11) is 0.841. The van der Waals surface area contributed by atoms with Crippen LogP contribution in [0.5, 0.6) is 0 Å². The smallest absolute Gasteiger partial charge is 0.000584 e. The Morgan fingerprint density at radius 3 is 2.44 bits per heavy atom. The molecule has 1 unspecified atom stereocenters. The zero-order valence-corrected chi connectivity index (χ0v) is 10.6. The number of hydrogen-bond acceptors (Lipinski definition) is 0. The summed E-state index contributed by atoms with van der Waals surface area (Å²) < 4.78 is 0. The highest BCUT2D eigenvalue weighted by Gasteiger charge is 2.05. The van der Waals surface area contributed by atoms with Gasteiger partial charge in [-0.2, -0.15) is 0 Å². The van der Waals surface area contributed by atoms with Crippen LogP contribution < -0.4 is 0 Å². The lowest BCUT2D eigenvalue weighted by Crippen LogP contribution is -1.84. The van der Waals surface area contributed by atoms with Gasteiger partial charge in [-0.25, -0.2) is 0 Å².